The minimum absolute atomic E-state index is 0.125. The van der Waals surface area contributed by atoms with E-state index >= 15 is 0 Å². The molecule has 0 bridgehead atoms. The van der Waals surface area contributed by atoms with Crippen LogP contribution < -0.4 is 5.32 Å². The van der Waals surface area contributed by atoms with Crippen molar-refractivity contribution < 1.29 is 14.1 Å². The summed E-state index contributed by atoms with van der Waals surface area (Å²) >= 11 is 1.55. The van der Waals surface area contributed by atoms with E-state index < -0.39 is 0 Å². The summed E-state index contributed by atoms with van der Waals surface area (Å²) in [7, 11) is 0. The molecule has 3 rings (SSSR count). The number of rotatable bonds is 5. The normalized spacial score (nSPS) is 16.4. The molecule has 1 fully saturated rings. The summed E-state index contributed by atoms with van der Waals surface area (Å²) in [4.78, 5) is 15.6. The van der Waals surface area contributed by atoms with Gasteiger partial charge in [0, 0.05) is 31.2 Å². The molecule has 7 heteroatoms. The smallest absolute Gasteiger partial charge is 0.273 e. The fraction of sp³-hybridized carbons (Fsp3) is 0.500. The number of nitrogens with one attached hydrogen (secondary N) is 1. The number of morpholine rings is 1. The Kier molecular flexibility index (Phi) is 4.79. The number of hydrogen-bond donors (Lipinski definition) is 1. The molecule has 0 spiro atoms. The lowest BCUT2D eigenvalue weighted by Gasteiger charge is -2.40. The Morgan fingerprint density at radius 1 is 1.43 bits per heavy atom. The molecule has 2 aromatic heterocycles. The molecule has 0 atom stereocenters. The highest BCUT2D eigenvalue weighted by molar-refractivity contribution is 7.13. The Morgan fingerprint density at radius 2 is 2.22 bits per heavy atom. The number of hydrogen-bond acceptors (Lipinski definition) is 6. The van der Waals surface area contributed by atoms with Crippen molar-refractivity contribution in [2.45, 2.75) is 19.4 Å². The van der Waals surface area contributed by atoms with Gasteiger partial charge in [0.1, 0.15) is 0 Å². The molecule has 0 saturated carbocycles. The van der Waals surface area contributed by atoms with E-state index in [1.165, 1.54) is 0 Å². The van der Waals surface area contributed by atoms with Gasteiger partial charge in [-0.1, -0.05) is 11.2 Å². The maximum absolute atomic E-state index is 12.3. The molecule has 124 valence electrons. The lowest BCUT2D eigenvalue weighted by atomic mass is 10.0. The van der Waals surface area contributed by atoms with Crippen LogP contribution in [-0.4, -0.2) is 54.4 Å². The van der Waals surface area contributed by atoms with Gasteiger partial charge in [0.05, 0.1) is 18.1 Å². The van der Waals surface area contributed by atoms with Crippen LogP contribution in [0.3, 0.4) is 0 Å². The zero-order valence-corrected chi connectivity index (χ0v) is 14.2. The second-order valence-corrected chi connectivity index (χ2v) is 7.10. The van der Waals surface area contributed by atoms with Crippen molar-refractivity contribution in [1.82, 2.24) is 15.4 Å². The van der Waals surface area contributed by atoms with Crippen LogP contribution in [0.2, 0.25) is 0 Å². The molecule has 1 saturated heterocycles. The van der Waals surface area contributed by atoms with Crippen LogP contribution in [0.1, 0.15) is 24.3 Å². The molecule has 1 aliphatic rings. The van der Waals surface area contributed by atoms with Gasteiger partial charge in [0.25, 0.3) is 5.91 Å². The molecule has 0 aromatic carbocycles. The summed E-state index contributed by atoms with van der Waals surface area (Å²) in [6, 6.07) is 5.56. The molecule has 1 aliphatic heterocycles. The van der Waals surface area contributed by atoms with Gasteiger partial charge in [-0.15, -0.1) is 11.3 Å². The Morgan fingerprint density at radius 3 is 2.91 bits per heavy atom. The van der Waals surface area contributed by atoms with Gasteiger partial charge >= 0.3 is 0 Å². The van der Waals surface area contributed by atoms with Crippen LogP contribution in [0.5, 0.6) is 0 Å². The molecule has 1 amide bonds. The number of nitrogens with zero attached hydrogens (tertiary/aromatic N) is 2. The first-order valence-corrected chi connectivity index (χ1v) is 8.56. The number of carbonyl (C=O) groups is 1. The summed E-state index contributed by atoms with van der Waals surface area (Å²) in [5.41, 5.74) is 0.186. The molecule has 1 N–H and O–H groups in total. The highest BCUT2D eigenvalue weighted by atomic mass is 32.1. The van der Waals surface area contributed by atoms with E-state index in [-0.39, 0.29) is 11.4 Å². The standard InChI is InChI=1S/C16H21N3O3S/c1-16(2,19-5-7-21-8-6-19)11-17-15(20)12-10-13(22-18-12)14-4-3-9-23-14/h3-4,9-10H,5-8,11H2,1-2H3,(H,17,20). The zero-order chi connectivity index (χ0) is 16.3. The minimum atomic E-state index is -0.210. The van der Waals surface area contributed by atoms with Crippen molar-refractivity contribution in [3.05, 3.63) is 29.3 Å². The van der Waals surface area contributed by atoms with Crippen molar-refractivity contribution in [1.29, 1.82) is 0 Å². The average Bonchev–Trinajstić information content (AvgIpc) is 3.24. The van der Waals surface area contributed by atoms with Crippen molar-refractivity contribution >= 4 is 17.2 Å². The number of carbonyl (C=O) groups excluding carboxylic acids is 1. The fourth-order valence-corrected chi connectivity index (χ4v) is 3.26. The van der Waals surface area contributed by atoms with Crippen molar-refractivity contribution in [2.75, 3.05) is 32.8 Å². The van der Waals surface area contributed by atoms with Crippen LogP contribution in [0.25, 0.3) is 10.6 Å². The molecule has 6 nitrogen and oxygen atoms in total. The van der Waals surface area contributed by atoms with Gasteiger partial charge in [0.15, 0.2) is 11.5 Å². The molecule has 2 aromatic rings. The third-order valence-electron chi connectivity index (χ3n) is 4.06. The van der Waals surface area contributed by atoms with Gasteiger partial charge < -0.3 is 14.6 Å². The average molecular weight is 335 g/mol. The largest absolute Gasteiger partial charge is 0.379 e. The first-order chi connectivity index (χ1) is 11.1. The molecule has 0 aliphatic carbocycles. The lowest BCUT2D eigenvalue weighted by molar-refractivity contribution is -0.00925. The molecule has 3 heterocycles. The van der Waals surface area contributed by atoms with Crippen LogP contribution in [0.15, 0.2) is 28.1 Å². The zero-order valence-electron chi connectivity index (χ0n) is 13.4. The van der Waals surface area contributed by atoms with E-state index in [2.05, 4.69) is 29.2 Å². The third-order valence-corrected chi connectivity index (χ3v) is 4.94. The number of ether oxygens (including phenoxy) is 1. The van der Waals surface area contributed by atoms with E-state index in [1.54, 1.807) is 17.4 Å². The second-order valence-electron chi connectivity index (χ2n) is 6.15. The van der Waals surface area contributed by atoms with Gasteiger partial charge in [-0.25, -0.2) is 0 Å². The van der Waals surface area contributed by atoms with E-state index in [0.29, 0.717) is 18.0 Å². The minimum Gasteiger partial charge on any atom is -0.379 e. The highest BCUT2D eigenvalue weighted by Gasteiger charge is 2.29. The van der Waals surface area contributed by atoms with Crippen molar-refractivity contribution in [3.8, 4) is 10.6 Å². The first kappa shape index (κ1) is 16.2. The van der Waals surface area contributed by atoms with E-state index in [0.717, 1.165) is 31.2 Å². The number of thiophene rings is 1. The number of aromatic nitrogens is 1. The van der Waals surface area contributed by atoms with E-state index in [1.807, 2.05) is 17.5 Å². The summed E-state index contributed by atoms with van der Waals surface area (Å²) in [5, 5.41) is 8.79. The lowest BCUT2D eigenvalue weighted by Crippen LogP contribution is -2.55. The Hall–Kier alpha value is -1.70. The predicted octanol–water partition coefficient (Wildman–Crippen LogP) is 2.24. The summed E-state index contributed by atoms with van der Waals surface area (Å²) in [5.74, 6) is 0.412. The second kappa shape index (κ2) is 6.82. The quantitative estimate of drug-likeness (QED) is 0.908. The van der Waals surface area contributed by atoms with Gasteiger partial charge in [-0.3, -0.25) is 9.69 Å². The SMILES string of the molecule is CC(C)(CNC(=O)c1cc(-c2cccs2)on1)N1CCOCC1. The van der Waals surface area contributed by atoms with Crippen LogP contribution in [0, 0.1) is 0 Å². The first-order valence-electron chi connectivity index (χ1n) is 7.68. The Balaban J connectivity index is 1.58. The summed E-state index contributed by atoms with van der Waals surface area (Å²) < 4.78 is 10.6. The van der Waals surface area contributed by atoms with Gasteiger partial charge in [-0.2, -0.15) is 0 Å². The van der Waals surface area contributed by atoms with Crippen molar-refractivity contribution in [3.63, 3.8) is 0 Å². The maximum Gasteiger partial charge on any atom is 0.273 e. The molecular formula is C16H21N3O3S. The molecule has 23 heavy (non-hydrogen) atoms. The summed E-state index contributed by atoms with van der Waals surface area (Å²) in [6.07, 6.45) is 0. The van der Waals surface area contributed by atoms with E-state index in [4.69, 9.17) is 9.26 Å². The van der Waals surface area contributed by atoms with Crippen LogP contribution >= 0.6 is 11.3 Å². The highest BCUT2D eigenvalue weighted by Crippen LogP contribution is 2.25. The fourth-order valence-electron chi connectivity index (χ4n) is 2.58. The molecule has 0 unspecified atom stereocenters. The molecule has 0 radical (unpaired) electrons. The monoisotopic (exact) mass is 335 g/mol. The molecular weight excluding hydrogens is 314 g/mol. The predicted molar refractivity (Wildman–Crippen MR) is 88.6 cm³/mol. The topological polar surface area (TPSA) is 67.6 Å². The summed E-state index contributed by atoms with van der Waals surface area (Å²) in [6.45, 7) is 8.05. The Labute approximate surface area is 139 Å². The maximum atomic E-state index is 12.3. The Bertz CT molecular complexity index is 645. The van der Waals surface area contributed by atoms with Gasteiger partial charge in [-0.05, 0) is 25.3 Å². The van der Waals surface area contributed by atoms with Crippen LogP contribution in [-0.2, 0) is 4.74 Å². The van der Waals surface area contributed by atoms with Crippen LogP contribution in [0.4, 0.5) is 0 Å². The van der Waals surface area contributed by atoms with Gasteiger partial charge in [0.2, 0.25) is 0 Å². The third kappa shape index (κ3) is 3.80. The van der Waals surface area contributed by atoms with Crippen molar-refractivity contribution in [2.24, 2.45) is 0 Å². The number of amides is 1. The van der Waals surface area contributed by atoms with E-state index in [9.17, 15) is 4.79 Å².